The first-order valence-electron chi connectivity index (χ1n) is 5.23. The highest BCUT2D eigenvalue weighted by Crippen LogP contribution is 2.29. The predicted octanol–water partition coefficient (Wildman–Crippen LogP) is 2.02. The second kappa shape index (κ2) is 3.76. The van der Waals surface area contributed by atoms with Crippen LogP contribution in [-0.4, -0.2) is 9.97 Å². The number of anilines is 3. The number of hydrogen-bond acceptors (Lipinski definition) is 5. The minimum atomic E-state index is 0.177. The summed E-state index contributed by atoms with van der Waals surface area (Å²) in [5.74, 6) is 0.865. The molecule has 0 fully saturated rings. The Morgan fingerprint density at radius 3 is 2.88 bits per heavy atom. The highest BCUT2D eigenvalue weighted by atomic mass is 15.1. The Kier molecular flexibility index (Phi) is 2.12. The standard InChI is InChI=1S/C12H9N5/c13-5-11-15-7-8-6-14-9-3-1-2-4-10(9)16-12(8)17-11/h1-4,7,14H,6H2,(H,15,16,17). The van der Waals surface area contributed by atoms with E-state index in [1.165, 1.54) is 0 Å². The van der Waals surface area contributed by atoms with Crippen molar-refractivity contribution in [3.63, 3.8) is 0 Å². The number of rotatable bonds is 0. The number of nitriles is 1. The van der Waals surface area contributed by atoms with Crippen molar-refractivity contribution in [2.45, 2.75) is 6.54 Å². The van der Waals surface area contributed by atoms with Gasteiger partial charge in [0.2, 0.25) is 5.82 Å². The van der Waals surface area contributed by atoms with E-state index in [1.807, 2.05) is 30.3 Å². The predicted molar refractivity (Wildman–Crippen MR) is 63.8 cm³/mol. The molecule has 82 valence electrons. The maximum atomic E-state index is 8.79. The van der Waals surface area contributed by atoms with Gasteiger partial charge in [0.25, 0.3) is 0 Å². The van der Waals surface area contributed by atoms with Gasteiger partial charge >= 0.3 is 0 Å². The quantitative estimate of drug-likeness (QED) is 0.714. The number of hydrogen-bond donors (Lipinski definition) is 2. The van der Waals surface area contributed by atoms with Crippen LogP contribution in [0.15, 0.2) is 30.5 Å². The van der Waals surface area contributed by atoms with Gasteiger partial charge in [0, 0.05) is 18.3 Å². The normalized spacial score (nSPS) is 12.2. The zero-order valence-corrected chi connectivity index (χ0v) is 8.94. The van der Waals surface area contributed by atoms with Gasteiger partial charge in [0.05, 0.1) is 11.4 Å². The number of para-hydroxylation sites is 2. The van der Waals surface area contributed by atoms with E-state index in [0.29, 0.717) is 12.4 Å². The van der Waals surface area contributed by atoms with Crippen LogP contribution in [0.1, 0.15) is 11.4 Å². The lowest BCUT2D eigenvalue weighted by atomic mass is 10.2. The third-order valence-corrected chi connectivity index (χ3v) is 2.61. The third kappa shape index (κ3) is 1.66. The molecule has 0 aliphatic carbocycles. The van der Waals surface area contributed by atoms with E-state index >= 15 is 0 Å². The molecule has 2 N–H and O–H groups in total. The highest BCUT2D eigenvalue weighted by molar-refractivity contribution is 5.76. The van der Waals surface area contributed by atoms with Crippen LogP contribution in [0, 0.1) is 11.3 Å². The van der Waals surface area contributed by atoms with Crippen molar-refractivity contribution < 1.29 is 0 Å². The molecule has 1 aliphatic rings. The first-order valence-corrected chi connectivity index (χ1v) is 5.23. The van der Waals surface area contributed by atoms with Crippen molar-refractivity contribution in [1.29, 1.82) is 5.26 Å². The van der Waals surface area contributed by atoms with Gasteiger partial charge in [-0.15, -0.1) is 0 Å². The van der Waals surface area contributed by atoms with E-state index in [9.17, 15) is 0 Å². The molecule has 0 bridgehead atoms. The summed E-state index contributed by atoms with van der Waals surface area (Å²) in [6.45, 7) is 0.644. The summed E-state index contributed by atoms with van der Waals surface area (Å²) in [6, 6.07) is 9.81. The summed E-state index contributed by atoms with van der Waals surface area (Å²) >= 11 is 0. The highest BCUT2D eigenvalue weighted by Gasteiger charge is 2.13. The molecule has 5 nitrogen and oxygen atoms in total. The molecule has 0 saturated heterocycles. The Morgan fingerprint density at radius 1 is 1.24 bits per heavy atom. The summed E-state index contributed by atoms with van der Waals surface area (Å²) in [5.41, 5.74) is 2.91. The van der Waals surface area contributed by atoms with Crippen molar-refractivity contribution in [2.24, 2.45) is 0 Å². The van der Waals surface area contributed by atoms with Crippen molar-refractivity contribution in [3.8, 4) is 6.07 Å². The molecular weight excluding hydrogens is 214 g/mol. The fraction of sp³-hybridized carbons (Fsp3) is 0.0833. The van der Waals surface area contributed by atoms with Crippen molar-refractivity contribution in [1.82, 2.24) is 9.97 Å². The maximum absolute atomic E-state index is 8.79. The van der Waals surface area contributed by atoms with E-state index in [0.717, 1.165) is 16.9 Å². The van der Waals surface area contributed by atoms with Gasteiger partial charge < -0.3 is 10.6 Å². The van der Waals surface area contributed by atoms with E-state index in [-0.39, 0.29) is 5.82 Å². The fourth-order valence-corrected chi connectivity index (χ4v) is 1.76. The summed E-state index contributed by atoms with van der Waals surface area (Å²) in [7, 11) is 0. The summed E-state index contributed by atoms with van der Waals surface area (Å²) in [4.78, 5) is 8.13. The summed E-state index contributed by atoms with van der Waals surface area (Å²) in [6.07, 6.45) is 1.67. The van der Waals surface area contributed by atoms with Crippen molar-refractivity contribution >= 4 is 17.2 Å². The molecule has 3 rings (SSSR count). The molecule has 0 amide bonds. The molecule has 0 unspecified atom stereocenters. The molecular formula is C12H9N5. The van der Waals surface area contributed by atoms with Crippen LogP contribution in [0.4, 0.5) is 17.2 Å². The van der Waals surface area contributed by atoms with Gasteiger partial charge in [0.1, 0.15) is 11.9 Å². The Hall–Kier alpha value is -2.61. The lowest BCUT2D eigenvalue weighted by molar-refractivity contribution is 1.04. The fourth-order valence-electron chi connectivity index (χ4n) is 1.76. The lowest BCUT2D eigenvalue weighted by Gasteiger charge is -2.07. The van der Waals surface area contributed by atoms with Gasteiger partial charge in [-0.25, -0.2) is 9.97 Å². The van der Waals surface area contributed by atoms with Gasteiger partial charge in [-0.3, -0.25) is 0 Å². The number of nitrogens with one attached hydrogen (secondary N) is 2. The molecule has 0 spiro atoms. The maximum Gasteiger partial charge on any atom is 0.234 e. The van der Waals surface area contributed by atoms with Gasteiger partial charge in [-0.1, -0.05) is 12.1 Å². The lowest BCUT2D eigenvalue weighted by Crippen LogP contribution is -2.01. The van der Waals surface area contributed by atoms with E-state index < -0.39 is 0 Å². The number of aromatic nitrogens is 2. The Labute approximate surface area is 98.1 Å². The van der Waals surface area contributed by atoms with Crippen molar-refractivity contribution in [2.75, 3.05) is 10.6 Å². The zero-order valence-electron chi connectivity index (χ0n) is 8.94. The number of benzene rings is 1. The SMILES string of the molecule is N#Cc1ncc2c(n1)Nc1ccccc1NC2. The molecule has 5 heteroatoms. The van der Waals surface area contributed by atoms with Crippen LogP contribution in [0.3, 0.4) is 0 Å². The molecule has 1 aromatic carbocycles. The van der Waals surface area contributed by atoms with E-state index in [2.05, 4.69) is 20.6 Å². The Balaban J connectivity index is 2.09. The summed E-state index contributed by atoms with van der Waals surface area (Å²) < 4.78 is 0. The Bertz CT molecular complexity index is 615. The first-order chi connectivity index (χ1) is 8.36. The second-order valence-corrected chi connectivity index (χ2v) is 3.70. The van der Waals surface area contributed by atoms with E-state index in [4.69, 9.17) is 5.26 Å². The molecule has 0 saturated carbocycles. The molecule has 1 aromatic heterocycles. The summed E-state index contributed by atoms with van der Waals surface area (Å²) in [5, 5.41) is 15.3. The van der Waals surface area contributed by atoms with Gasteiger partial charge in [0.15, 0.2) is 0 Å². The smallest absolute Gasteiger partial charge is 0.234 e. The second-order valence-electron chi connectivity index (χ2n) is 3.70. The number of nitrogens with zero attached hydrogens (tertiary/aromatic N) is 3. The molecule has 2 aromatic rings. The van der Waals surface area contributed by atoms with Crippen LogP contribution in [0.5, 0.6) is 0 Å². The molecule has 17 heavy (non-hydrogen) atoms. The van der Waals surface area contributed by atoms with Crippen LogP contribution in [0.2, 0.25) is 0 Å². The topological polar surface area (TPSA) is 73.6 Å². The average molecular weight is 223 g/mol. The molecule has 0 atom stereocenters. The average Bonchev–Trinajstić information content (AvgIpc) is 2.56. The van der Waals surface area contributed by atoms with Crippen LogP contribution in [-0.2, 0) is 6.54 Å². The molecule has 2 heterocycles. The van der Waals surface area contributed by atoms with Gasteiger partial charge in [-0.05, 0) is 12.1 Å². The van der Waals surface area contributed by atoms with Crippen molar-refractivity contribution in [3.05, 3.63) is 41.9 Å². The van der Waals surface area contributed by atoms with E-state index in [1.54, 1.807) is 6.20 Å². The Morgan fingerprint density at radius 2 is 2.06 bits per heavy atom. The van der Waals surface area contributed by atoms with Crippen LogP contribution in [0.25, 0.3) is 0 Å². The number of fused-ring (bicyclic) bond motifs is 2. The molecule has 0 radical (unpaired) electrons. The minimum absolute atomic E-state index is 0.177. The zero-order chi connectivity index (χ0) is 11.7. The largest absolute Gasteiger partial charge is 0.379 e. The molecule has 1 aliphatic heterocycles. The van der Waals surface area contributed by atoms with Crippen LogP contribution >= 0.6 is 0 Å². The van der Waals surface area contributed by atoms with Crippen LogP contribution < -0.4 is 10.6 Å². The first kappa shape index (κ1) is 9.60. The van der Waals surface area contributed by atoms with Gasteiger partial charge in [-0.2, -0.15) is 5.26 Å². The minimum Gasteiger partial charge on any atom is -0.379 e. The third-order valence-electron chi connectivity index (χ3n) is 2.61. The monoisotopic (exact) mass is 223 g/mol.